The maximum Gasteiger partial charge on any atom is 0.255 e. The molecule has 3 nitrogen and oxygen atoms in total. The highest BCUT2D eigenvalue weighted by Gasteiger charge is 2.16. The van der Waals surface area contributed by atoms with Gasteiger partial charge in [-0.1, -0.05) is 35.3 Å². The number of benzene rings is 2. The Morgan fingerprint density at radius 1 is 1.14 bits per heavy atom. The molecule has 2 aromatic carbocycles. The summed E-state index contributed by atoms with van der Waals surface area (Å²) in [5.74, 6) is -0.209. The normalized spacial score (nSPS) is 13.1. The Kier molecular flexibility index (Phi) is 3.89. The molecular formula is C16H14Cl2N2O. The summed E-state index contributed by atoms with van der Waals surface area (Å²) in [7, 11) is 0. The molecule has 1 heterocycles. The lowest BCUT2D eigenvalue weighted by atomic mass is 10.1. The summed E-state index contributed by atoms with van der Waals surface area (Å²) in [6.07, 6.45) is 0. The monoisotopic (exact) mass is 320 g/mol. The molecule has 1 aliphatic heterocycles. The van der Waals surface area contributed by atoms with Gasteiger partial charge in [0.15, 0.2) is 0 Å². The molecule has 5 heteroatoms. The Balaban J connectivity index is 1.89. The molecule has 0 unspecified atom stereocenters. The number of carbonyl (C=O) groups is 1. The van der Waals surface area contributed by atoms with Crippen molar-refractivity contribution in [1.29, 1.82) is 0 Å². The van der Waals surface area contributed by atoms with Crippen LogP contribution in [0, 0.1) is 6.92 Å². The lowest BCUT2D eigenvalue weighted by Gasteiger charge is -2.11. The minimum atomic E-state index is -0.209. The molecule has 0 saturated carbocycles. The van der Waals surface area contributed by atoms with Gasteiger partial charge in [-0.2, -0.15) is 0 Å². The molecule has 2 N–H and O–H groups in total. The predicted octanol–water partition coefficient (Wildman–Crippen LogP) is 4.16. The third-order valence-electron chi connectivity index (χ3n) is 3.62. The SMILES string of the molecule is Cc1ccc(Cl)c(NC(=O)c2ccc3c(c2)CNC3)c1Cl. The van der Waals surface area contributed by atoms with Crippen LogP contribution in [0.5, 0.6) is 0 Å². The van der Waals surface area contributed by atoms with E-state index in [4.69, 9.17) is 23.2 Å². The van der Waals surface area contributed by atoms with Gasteiger partial charge >= 0.3 is 0 Å². The van der Waals surface area contributed by atoms with Gasteiger partial charge in [0.05, 0.1) is 15.7 Å². The van der Waals surface area contributed by atoms with Gasteiger partial charge in [-0.25, -0.2) is 0 Å². The van der Waals surface area contributed by atoms with Gasteiger partial charge in [-0.15, -0.1) is 0 Å². The average molecular weight is 321 g/mol. The lowest BCUT2D eigenvalue weighted by Crippen LogP contribution is -2.13. The first-order chi connectivity index (χ1) is 10.1. The fraction of sp³-hybridized carbons (Fsp3) is 0.188. The molecule has 21 heavy (non-hydrogen) atoms. The van der Waals surface area contributed by atoms with Crippen molar-refractivity contribution in [1.82, 2.24) is 5.32 Å². The number of fused-ring (bicyclic) bond motifs is 1. The van der Waals surface area contributed by atoms with Gasteiger partial charge < -0.3 is 10.6 Å². The van der Waals surface area contributed by atoms with Gasteiger partial charge in [0.2, 0.25) is 0 Å². The number of rotatable bonds is 2. The predicted molar refractivity (Wildman–Crippen MR) is 86.1 cm³/mol. The topological polar surface area (TPSA) is 41.1 Å². The summed E-state index contributed by atoms with van der Waals surface area (Å²) < 4.78 is 0. The maximum atomic E-state index is 12.4. The number of aryl methyl sites for hydroxylation is 1. The number of halogens is 2. The molecule has 0 spiro atoms. The summed E-state index contributed by atoms with van der Waals surface area (Å²) in [6, 6.07) is 9.25. The number of anilines is 1. The van der Waals surface area contributed by atoms with Gasteiger partial charge in [0, 0.05) is 18.7 Å². The fourth-order valence-corrected chi connectivity index (χ4v) is 2.86. The molecular weight excluding hydrogens is 307 g/mol. The van der Waals surface area contributed by atoms with Crippen LogP contribution >= 0.6 is 23.2 Å². The summed E-state index contributed by atoms with van der Waals surface area (Å²) in [5, 5.41) is 6.96. The minimum Gasteiger partial charge on any atom is -0.319 e. The summed E-state index contributed by atoms with van der Waals surface area (Å²) in [4.78, 5) is 12.4. The Hall–Kier alpha value is -1.55. The van der Waals surface area contributed by atoms with Gasteiger partial charge in [0.1, 0.15) is 0 Å². The van der Waals surface area contributed by atoms with Crippen molar-refractivity contribution in [2.24, 2.45) is 0 Å². The minimum absolute atomic E-state index is 0.209. The Morgan fingerprint density at radius 3 is 2.71 bits per heavy atom. The van der Waals surface area contributed by atoms with E-state index in [2.05, 4.69) is 10.6 Å². The Morgan fingerprint density at radius 2 is 1.90 bits per heavy atom. The molecule has 0 bridgehead atoms. The summed E-state index contributed by atoms with van der Waals surface area (Å²) in [5.41, 5.74) is 4.32. The zero-order chi connectivity index (χ0) is 15.0. The van der Waals surface area contributed by atoms with Gasteiger partial charge in [-0.3, -0.25) is 4.79 Å². The summed E-state index contributed by atoms with van der Waals surface area (Å²) >= 11 is 12.3. The first-order valence-corrected chi connectivity index (χ1v) is 7.40. The molecule has 1 amide bonds. The van der Waals surface area contributed by atoms with E-state index in [1.54, 1.807) is 6.07 Å². The van der Waals surface area contributed by atoms with Crippen LogP contribution in [0.3, 0.4) is 0 Å². The van der Waals surface area contributed by atoms with Crippen molar-refractivity contribution in [2.45, 2.75) is 20.0 Å². The van der Waals surface area contributed by atoms with E-state index in [-0.39, 0.29) is 5.91 Å². The number of carbonyl (C=O) groups excluding carboxylic acids is 1. The molecule has 1 aliphatic rings. The molecule has 0 radical (unpaired) electrons. The van der Waals surface area contributed by atoms with Crippen molar-refractivity contribution < 1.29 is 4.79 Å². The molecule has 0 saturated heterocycles. The second-order valence-corrected chi connectivity index (χ2v) is 5.88. The first-order valence-electron chi connectivity index (χ1n) is 6.65. The first kappa shape index (κ1) is 14.4. The zero-order valence-corrected chi connectivity index (χ0v) is 13.0. The van der Waals surface area contributed by atoms with Crippen LogP contribution in [0.4, 0.5) is 5.69 Å². The molecule has 0 atom stereocenters. The smallest absolute Gasteiger partial charge is 0.255 e. The third kappa shape index (κ3) is 2.77. The highest BCUT2D eigenvalue weighted by atomic mass is 35.5. The van der Waals surface area contributed by atoms with Crippen LogP contribution in [0.25, 0.3) is 0 Å². The average Bonchev–Trinajstić information content (AvgIpc) is 2.94. The number of amides is 1. The van der Waals surface area contributed by atoms with Crippen LogP contribution in [-0.2, 0) is 13.1 Å². The quantitative estimate of drug-likeness (QED) is 0.872. The van der Waals surface area contributed by atoms with Crippen molar-refractivity contribution in [2.75, 3.05) is 5.32 Å². The standard InChI is InChI=1S/C16H14Cl2N2O/c1-9-2-5-13(17)15(14(9)18)20-16(21)10-3-4-11-7-19-8-12(11)6-10/h2-6,19H,7-8H2,1H3,(H,20,21). The van der Waals surface area contributed by atoms with Crippen LogP contribution in [-0.4, -0.2) is 5.91 Å². The Bertz CT molecular complexity index is 728. The van der Waals surface area contributed by atoms with E-state index in [0.717, 1.165) is 24.2 Å². The van der Waals surface area contributed by atoms with E-state index in [0.29, 0.717) is 21.3 Å². The third-order valence-corrected chi connectivity index (χ3v) is 4.42. The number of hydrogen-bond donors (Lipinski definition) is 2. The number of nitrogens with one attached hydrogen (secondary N) is 2. The molecule has 0 aromatic heterocycles. The molecule has 108 valence electrons. The van der Waals surface area contributed by atoms with Crippen LogP contribution in [0.1, 0.15) is 27.0 Å². The Labute approximate surface area is 133 Å². The van der Waals surface area contributed by atoms with Crippen LogP contribution < -0.4 is 10.6 Å². The van der Waals surface area contributed by atoms with E-state index >= 15 is 0 Å². The van der Waals surface area contributed by atoms with Crippen molar-refractivity contribution in [3.05, 3.63) is 62.6 Å². The van der Waals surface area contributed by atoms with E-state index in [1.807, 2.05) is 31.2 Å². The largest absolute Gasteiger partial charge is 0.319 e. The number of hydrogen-bond acceptors (Lipinski definition) is 2. The van der Waals surface area contributed by atoms with Gasteiger partial charge in [0.25, 0.3) is 5.91 Å². The van der Waals surface area contributed by atoms with Crippen molar-refractivity contribution in [3.63, 3.8) is 0 Å². The van der Waals surface area contributed by atoms with Crippen molar-refractivity contribution >= 4 is 34.8 Å². The second kappa shape index (κ2) is 5.68. The van der Waals surface area contributed by atoms with E-state index in [1.165, 1.54) is 5.56 Å². The molecule has 0 fully saturated rings. The van der Waals surface area contributed by atoms with E-state index in [9.17, 15) is 4.79 Å². The van der Waals surface area contributed by atoms with Crippen LogP contribution in [0.2, 0.25) is 10.0 Å². The molecule has 0 aliphatic carbocycles. The summed E-state index contributed by atoms with van der Waals surface area (Å²) in [6.45, 7) is 3.52. The molecule has 2 aromatic rings. The second-order valence-electron chi connectivity index (χ2n) is 5.09. The fourth-order valence-electron chi connectivity index (χ4n) is 2.39. The molecule has 3 rings (SSSR count). The van der Waals surface area contributed by atoms with E-state index < -0.39 is 0 Å². The maximum absolute atomic E-state index is 12.4. The lowest BCUT2D eigenvalue weighted by molar-refractivity contribution is 0.102. The highest BCUT2D eigenvalue weighted by Crippen LogP contribution is 2.33. The van der Waals surface area contributed by atoms with Crippen LogP contribution in [0.15, 0.2) is 30.3 Å². The van der Waals surface area contributed by atoms with Crippen molar-refractivity contribution in [3.8, 4) is 0 Å². The zero-order valence-electron chi connectivity index (χ0n) is 11.5. The highest BCUT2D eigenvalue weighted by molar-refractivity contribution is 6.40. The van der Waals surface area contributed by atoms with Gasteiger partial charge in [-0.05, 0) is 41.8 Å².